The highest BCUT2D eigenvalue weighted by atomic mass is 32.1. The summed E-state index contributed by atoms with van der Waals surface area (Å²) in [6.07, 6.45) is 0.618. The van der Waals surface area contributed by atoms with Crippen LogP contribution < -0.4 is 5.32 Å². The molecule has 0 fully saturated rings. The molecule has 8 nitrogen and oxygen atoms in total. The van der Waals surface area contributed by atoms with E-state index in [9.17, 15) is 9.59 Å². The standard InChI is InChI=1S/C19H15N5O3S/c1-11-8-15(23-27-11)17(25)22-19-21-14-6-7-24(10-16(14)28-19)18(26)13-4-2-12(9-20)3-5-13/h2-5,8H,6-7,10H2,1H3,(H,21,22,25). The first kappa shape index (κ1) is 17.9. The molecule has 1 aromatic carbocycles. The van der Waals surface area contributed by atoms with E-state index in [0.29, 0.717) is 41.5 Å². The number of anilines is 1. The molecule has 3 heterocycles. The number of nitriles is 1. The molecule has 0 bridgehead atoms. The van der Waals surface area contributed by atoms with E-state index in [1.54, 1.807) is 42.2 Å². The molecule has 0 saturated carbocycles. The number of nitrogens with zero attached hydrogens (tertiary/aromatic N) is 4. The number of aryl methyl sites for hydroxylation is 1. The van der Waals surface area contributed by atoms with Crippen LogP contribution in [-0.4, -0.2) is 33.4 Å². The molecule has 0 saturated heterocycles. The summed E-state index contributed by atoms with van der Waals surface area (Å²) in [5, 5.41) is 15.8. The summed E-state index contributed by atoms with van der Waals surface area (Å²) in [5.41, 5.74) is 2.15. The third-order valence-corrected chi connectivity index (χ3v) is 5.36. The van der Waals surface area contributed by atoms with Crippen molar-refractivity contribution in [1.29, 1.82) is 5.26 Å². The fraction of sp³-hybridized carbons (Fsp3) is 0.211. The van der Waals surface area contributed by atoms with Crippen LogP contribution in [0.2, 0.25) is 0 Å². The Morgan fingerprint density at radius 3 is 2.79 bits per heavy atom. The van der Waals surface area contributed by atoms with Crippen LogP contribution in [0.4, 0.5) is 5.13 Å². The number of thiazole rings is 1. The number of hydrogen-bond acceptors (Lipinski definition) is 7. The molecule has 3 aromatic rings. The fourth-order valence-corrected chi connectivity index (χ4v) is 3.95. The van der Waals surface area contributed by atoms with Crippen molar-refractivity contribution >= 4 is 28.3 Å². The molecule has 4 rings (SSSR count). The van der Waals surface area contributed by atoms with Gasteiger partial charge in [-0.15, -0.1) is 0 Å². The number of fused-ring (bicyclic) bond motifs is 1. The van der Waals surface area contributed by atoms with Crippen LogP contribution in [0.1, 0.15) is 42.7 Å². The predicted octanol–water partition coefficient (Wildman–Crippen LogP) is 2.76. The third kappa shape index (κ3) is 3.50. The summed E-state index contributed by atoms with van der Waals surface area (Å²) in [7, 11) is 0. The molecule has 1 aliphatic heterocycles. The second kappa shape index (κ2) is 7.25. The predicted molar refractivity (Wildman–Crippen MR) is 101 cm³/mol. The summed E-state index contributed by atoms with van der Waals surface area (Å²) in [5.74, 6) is 0.0844. The van der Waals surface area contributed by atoms with Crippen molar-refractivity contribution < 1.29 is 14.1 Å². The Labute approximate surface area is 164 Å². The van der Waals surface area contributed by atoms with Crippen LogP contribution in [0.25, 0.3) is 0 Å². The first-order valence-electron chi connectivity index (χ1n) is 8.56. The van der Waals surface area contributed by atoms with Crippen molar-refractivity contribution in [3.05, 3.63) is 63.5 Å². The Balaban J connectivity index is 1.46. The van der Waals surface area contributed by atoms with Crippen LogP contribution in [-0.2, 0) is 13.0 Å². The van der Waals surface area contributed by atoms with Gasteiger partial charge in [-0.25, -0.2) is 4.98 Å². The van der Waals surface area contributed by atoms with Crippen molar-refractivity contribution in [1.82, 2.24) is 15.0 Å². The van der Waals surface area contributed by atoms with Gasteiger partial charge in [-0.05, 0) is 31.2 Å². The van der Waals surface area contributed by atoms with Crippen LogP contribution in [0.3, 0.4) is 0 Å². The highest BCUT2D eigenvalue weighted by Crippen LogP contribution is 2.29. The van der Waals surface area contributed by atoms with E-state index >= 15 is 0 Å². The lowest BCUT2D eigenvalue weighted by Crippen LogP contribution is -2.35. The molecule has 1 aliphatic rings. The van der Waals surface area contributed by atoms with Crippen LogP contribution >= 0.6 is 11.3 Å². The monoisotopic (exact) mass is 393 g/mol. The third-order valence-electron chi connectivity index (χ3n) is 4.36. The topological polar surface area (TPSA) is 112 Å². The van der Waals surface area contributed by atoms with Crippen molar-refractivity contribution in [2.24, 2.45) is 0 Å². The summed E-state index contributed by atoms with van der Waals surface area (Å²) < 4.78 is 4.91. The number of amides is 2. The van der Waals surface area contributed by atoms with Crippen LogP contribution in [0.5, 0.6) is 0 Å². The second-order valence-corrected chi connectivity index (χ2v) is 7.42. The zero-order valence-corrected chi connectivity index (χ0v) is 15.7. The quantitative estimate of drug-likeness (QED) is 0.732. The molecule has 28 heavy (non-hydrogen) atoms. The molecule has 2 amide bonds. The summed E-state index contributed by atoms with van der Waals surface area (Å²) in [4.78, 5) is 32.1. The van der Waals surface area contributed by atoms with Gasteiger partial charge in [-0.1, -0.05) is 16.5 Å². The van der Waals surface area contributed by atoms with Gasteiger partial charge in [0.15, 0.2) is 10.8 Å². The van der Waals surface area contributed by atoms with Crippen molar-refractivity contribution in [3.63, 3.8) is 0 Å². The first-order chi connectivity index (χ1) is 13.5. The molecule has 9 heteroatoms. The van der Waals surface area contributed by atoms with Gasteiger partial charge in [0.1, 0.15) is 5.76 Å². The largest absolute Gasteiger partial charge is 0.361 e. The molecule has 2 aromatic heterocycles. The second-order valence-electron chi connectivity index (χ2n) is 6.33. The smallest absolute Gasteiger partial charge is 0.279 e. The zero-order valence-electron chi connectivity index (χ0n) is 14.9. The summed E-state index contributed by atoms with van der Waals surface area (Å²) >= 11 is 1.35. The normalized spacial score (nSPS) is 12.9. The van der Waals surface area contributed by atoms with Gasteiger partial charge < -0.3 is 9.42 Å². The summed E-state index contributed by atoms with van der Waals surface area (Å²) in [6, 6.07) is 10.2. The molecule has 140 valence electrons. The van der Waals surface area contributed by atoms with E-state index in [1.165, 1.54) is 11.3 Å². The number of carbonyl (C=O) groups excluding carboxylic acids is 2. The van der Waals surface area contributed by atoms with E-state index in [1.807, 2.05) is 6.07 Å². The number of aromatic nitrogens is 2. The zero-order chi connectivity index (χ0) is 19.7. The van der Waals surface area contributed by atoms with Crippen molar-refractivity contribution in [2.45, 2.75) is 19.9 Å². The highest BCUT2D eigenvalue weighted by Gasteiger charge is 2.25. The fourth-order valence-electron chi connectivity index (χ4n) is 2.93. The van der Waals surface area contributed by atoms with E-state index in [-0.39, 0.29) is 17.5 Å². The van der Waals surface area contributed by atoms with E-state index in [0.717, 1.165) is 10.6 Å². The molecule has 0 unspecified atom stereocenters. The Bertz CT molecular complexity index is 1090. The lowest BCUT2D eigenvalue weighted by Gasteiger charge is -2.26. The highest BCUT2D eigenvalue weighted by molar-refractivity contribution is 7.15. The maximum absolute atomic E-state index is 12.7. The average molecular weight is 393 g/mol. The summed E-state index contributed by atoms with van der Waals surface area (Å²) in [6.45, 7) is 2.70. The number of benzene rings is 1. The van der Waals surface area contributed by atoms with Gasteiger partial charge >= 0.3 is 0 Å². The average Bonchev–Trinajstić information content (AvgIpc) is 3.32. The number of rotatable bonds is 3. The van der Waals surface area contributed by atoms with Gasteiger partial charge in [-0.3, -0.25) is 14.9 Å². The Kier molecular flexibility index (Phi) is 4.63. The van der Waals surface area contributed by atoms with Gasteiger partial charge in [0.25, 0.3) is 11.8 Å². The van der Waals surface area contributed by atoms with Crippen LogP contribution in [0.15, 0.2) is 34.9 Å². The van der Waals surface area contributed by atoms with E-state index in [4.69, 9.17) is 9.78 Å². The van der Waals surface area contributed by atoms with Gasteiger partial charge in [0.05, 0.1) is 23.9 Å². The molecule has 0 aliphatic carbocycles. The van der Waals surface area contributed by atoms with E-state index < -0.39 is 0 Å². The van der Waals surface area contributed by atoms with Gasteiger partial charge in [0.2, 0.25) is 0 Å². The van der Waals surface area contributed by atoms with Crippen molar-refractivity contribution in [3.8, 4) is 6.07 Å². The Morgan fingerprint density at radius 2 is 2.11 bits per heavy atom. The molecule has 1 N–H and O–H groups in total. The minimum atomic E-state index is -0.381. The molecule has 0 radical (unpaired) electrons. The number of carbonyl (C=O) groups is 2. The molecule has 0 atom stereocenters. The van der Waals surface area contributed by atoms with E-state index in [2.05, 4.69) is 15.5 Å². The SMILES string of the molecule is Cc1cc(C(=O)Nc2nc3c(s2)CN(C(=O)c2ccc(C#N)cc2)CC3)no1. The Hall–Kier alpha value is -3.51. The molecular weight excluding hydrogens is 378 g/mol. The van der Waals surface area contributed by atoms with Gasteiger partial charge in [0, 0.05) is 29.5 Å². The maximum atomic E-state index is 12.7. The van der Waals surface area contributed by atoms with Crippen molar-refractivity contribution in [2.75, 3.05) is 11.9 Å². The molecule has 0 spiro atoms. The lowest BCUT2D eigenvalue weighted by molar-refractivity contribution is 0.0736. The van der Waals surface area contributed by atoms with Crippen LogP contribution in [0, 0.1) is 18.3 Å². The molecular formula is C19H15N5O3S. The minimum Gasteiger partial charge on any atom is -0.361 e. The Morgan fingerprint density at radius 1 is 1.32 bits per heavy atom. The number of hydrogen-bond donors (Lipinski definition) is 1. The maximum Gasteiger partial charge on any atom is 0.279 e. The minimum absolute atomic E-state index is 0.0906. The lowest BCUT2D eigenvalue weighted by atomic mass is 10.1. The van der Waals surface area contributed by atoms with Gasteiger partial charge in [-0.2, -0.15) is 5.26 Å². The first-order valence-corrected chi connectivity index (χ1v) is 9.38. The number of nitrogens with one attached hydrogen (secondary N) is 1.